The highest BCUT2D eigenvalue weighted by Crippen LogP contribution is 2.25. The van der Waals surface area contributed by atoms with Crippen LogP contribution < -0.4 is 5.32 Å². The average molecular weight is 415 g/mol. The van der Waals surface area contributed by atoms with Gasteiger partial charge in [-0.2, -0.15) is 0 Å². The van der Waals surface area contributed by atoms with E-state index in [0.717, 1.165) is 5.56 Å². The highest BCUT2D eigenvalue weighted by atomic mass is 79.9. The molecule has 1 amide bonds. The van der Waals surface area contributed by atoms with Gasteiger partial charge in [0, 0.05) is 5.33 Å². The first-order chi connectivity index (χ1) is 9.98. The first kappa shape index (κ1) is 16.2. The van der Waals surface area contributed by atoms with E-state index in [2.05, 4.69) is 37.2 Å². The summed E-state index contributed by atoms with van der Waals surface area (Å²) in [5.74, 6) is -1.00. The van der Waals surface area contributed by atoms with Crippen LogP contribution in [0.2, 0.25) is 0 Å². The zero-order chi connectivity index (χ0) is 15.5. The van der Waals surface area contributed by atoms with Gasteiger partial charge in [0.25, 0.3) is 5.91 Å². The minimum Gasteiger partial charge on any atom is -0.342 e. The average Bonchev–Trinajstić information content (AvgIpc) is 2.50. The monoisotopic (exact) mass is 413 g/mol. The molecule has 2 nitrogen and oxygen atoms in total. The third-order valence-electron chi connectivity index (χ3n) is 3.26. The van der Waals surface area contributed by atoms with Crippen molar-refractivity contribution in [1.82, 2.24) is 5.32 Å². The van der Waals surface area contributed by atoms with Gasteiger partial charge >= 0.3 is 0 Å². The van der Waals surface area contributed by atoms with Gasteiger partial charge < -0.3 is 5.32 Å². The second kappa shape index (κ2) is 6.71. The minimum atomic E-state index is -0.618. The van der Waals surface area contributed by atoms with Gasteiger partial charge in [0.2, 0.25) is 0 Å². The van der Waals surface area contributed by atoms with E-state index in [9.17, 15) is 9.18 Å². The Hall–Kier alpha value is -1.20. The van der Waals surface area contributed by atoms with E-state index in [0.29, 0.717) is 5.33 Å². The van der Waals surface area contributed by atoms with Crippen LogP contribution in [-0.2, 0) is 5.54 Å². The number of halogens is 3. The molecule has 0 spiro atoms. The van der Waals surface area contributed by atoms with Crippen LogP contribution >= 0.6 is 31.9 Å². The molecule has 0 saturated carbocycles. The Bertz CT molecular complexity index is 648. The summed E-state index contributed by atoms with van der Waals surface area (Å²) in [7, 11) is 0. The maximum Gasteiger partial charge on any atom is 0.255 e. The van der Waals surface area contributed by atoms with E-state index in [1.807, 2.05) is 37.3 Å². The number of rotatable bonds is 4. The number of hydrogen-bond donors (Lipinski definition) is 1. The molecule has 21 heavy (non-hydrogen) atoms. The van der Waals surface area contributed by atoms with Crippen LogP contribution in [0.5, 0.6) is 0 Å². The molecule has 0 aliphatic rings. The largest absolute Gasteiger partial charge is 0.342 e. The molecule has 110 valence electrons. The van der Waals surface area contributed by atoms with Crippen LogP contribution in [-0.4, -0.2) is 11.2 Å². The molecule has 0 fully saturated rings. The molecule has 0 heterocycles. The molecule has 0 radical (unpaired) electrons. The first-order valence-corrected chi connectivity index (χ1v) is 8.27. The van der Waals surface area contributed by atoms with Gasteiger partial charge in [-0.25, -0.2) is 4.39 Å². The minimum absolute atomic E-state index is 0.0208. The Balaban J connectivity index is 2.30. The SMILES string of the molecule is CC(CBr)(NC(=O)c1cccc(Br)c1F)c1ccccc1. The highest BCUT2D eigenvalue weighted by Gasteiger charge is 2.28. The van der Waals surface area contributed by atoms with Gasteiger partial charge in [-0.3, -0.25) is 4.79 Å². The predicted molar refractivity (Wildman–Crippen MR) is 89.2 cm³/mol. The van der Waals surface area contributed by atoms with Crippen molar-refractivity contribution in [2.75, 3.05) is 5.33 Å². The number of carbonyl (C=O) groups excluding carboxylic acids is 1. The summed E-state index contributed by atoms with van der Waals surface area (Å²) < 4.78 is 14.3. The second-order valence-electron chi connectivity index (χ2n) is 4.89. The zero-order valence-corrected chi connectivity index (χ0v) is 14.5. The number of benzene rings is 2. The topological polar surface area (TPSA) is 29.1 Å². The smallest absolute Gasteiger partial charge is 0.255 e. The molecule has 0 aromatic heterocycles. The summed E-state index contributed by atoms with van der Waals surface area (Å²) in [6.45, 7) is 1.89. The Kier molecular flexibility index (Phi) is 5.17. The van der Waals surface area contributed by atoms with Crippen LogP contribution in [0.4, 0.5) is 4.39 Å². The quantitative estimate of drug-likeness (QED) is 0.726. The third-order valence-corrected chi connectivity index (χ3v) is 5.00. The Morgan fingerprint density at radius 1 is 1.19 bits per heavy atom. The summed E-state index contributed by atoms with van der Waals surface area (Å²) >= 11 is 6.52. The summed E-state index contributed by atoms with van der Waals surface area (Å²) in [6, 6.07) is 14.2. The van der Waals surface area contributed by atoms with Crippen molar-refractivity contribution in [3.63, 3.8) is 0 Å². The van der Waals surface area contributed by atoms with Crippen LogP contribution in [0.15, 0.2) is 53.0 Å². The van der Waals surface area contributed by atoms with E-state index in [1.54, 1.807) is 12.1 Å². The van der Waals surface area contributed by atoms with Gasteiger partial charge in [0.05, 0.1) is 15.6 Å². The lowest BCUT2D eigenvalue weighted by Crippen LogP contribution is -2.45. The van der Waals surface area contributed by atoms with E-state index >= 15 is 0 Å². The van der Waals surface area contributed by atoms with Crippen molar-refractivity contribution in [2.24, 2.45) is 0 Å². The van der Waals surface area contributed by atoms with Crippen molar-refractivity contribution in [3.05, 3.63) is 69.9 Å². The normalized spacial score (nSPS) is 13.5. The van der Waals surface area contributed by atoms with Crippen LogP contribution in [0, 0.1) is 5.82 Å². The molecule has 1 unspecified atom stereocenters. The number of amides is 1. The molecule has 1 N–H and O–H groups in total. The number of nitrogens with one attached hydrogen (secondary N) is 1. The lowest BCUT2D eigenvalue weighted by molar-refractivity contribution is 0.0910. The molecule has 2 aromatic carbocycles. The summed E-state index contributed by atoms with van der Waals surface area (Å²) in [4.78, 5) is 12.4. The van der Waals surface area contributed by atoms with Crippen LogP contribution in [0.1, 0.15) is 22.8 Å². The lowest BCUT2D eigenvalue weighted by atomic mass is 9.94. The number of carbonyl (C=O) groups is 1. The number of alkyl halides is 1. The van der Waals surface area contributed by atoms with Crippen molar-refractivity contribution in [1.29, 1.82) is 0 Å². The fourth-order valence-corrected chi connectivity index (χ4v) is 2.82. The summed E-state index contributed by atoms with van der Waals surface area (Å²) in [5.41, 5.74) is 0.353. The molecule has 1 atom stereocenters. The van der Waals surface area contributed by atoms with E-state index in [-0.39, 0.29) is 10.0 Å². The van der Waals surface area contributed by atoms with Crippen LogP contribution in [0.3, 0.4) is 0 Å². The molecule has 0 bridgehead atoms. The molecular weight excluding hydrogens is 401 g/mol. The van der Waals surface area contributed by atoms with Crippen molar-refractivity contribution in [2.45, 2.75) is 12.5 Å². The molecule has 0 aliphatic heterocycles. The Morgan fingerprint density at radius 3 is 2.48 bits per heavy atom. The fraction of sp³-hybridized carbons (Fsp3) is 0.188. The summed E-state index contributed by atoms with van der Waals surface area (Å²) in [6.07, 6.45) is 0. The Morgan fingerprint density at radius 2 is 1.86 bits per heavy atom. The lowest BCUT2D eigenvalue weighted by Gasteiger charge is -2.29. The van der Waals surface area contributed by atoms with Gasteiger partial charge in [0.15, 0.2) is 0 Å². The molecule has 2 rings (SSSR count). The highest BCUT2D eigenvalue weighted by molar-refractivity contribution is 9.10. The van der Waals surface area contributed by atoms with E-state index in [1.165, 1.54) is 6.07 Å². The van der Waals surface area contributed by atoms with Gasteiger partial charge in [-0.1, -0.05) is 52.3 Å². The van der Waals surface area contributed by atoms with E-state index in [4.69, 9.17) is 0 Å². The van der Waals surface area contributed by atoms with Gasteiger partial charge in [-0.15, -0.1) is 0 Å². The molecule has 5 heteroatoms. The summed E-state index contributed by atoms with van der Waals surface area (Å²) in [5, 5.41) is 3.42. The standard InChI is InChI=1S/C16H14Br2FNO/c1-16(10-17,11-6-3-2-4-7-11)20-15(21)12-8-5-9-13(18)14(12)19/h2-9H,10H2,1H3,(H,20,21). The number of hydrogen-bond acceptors (Lipinski definition) is 1. The first-order valence-electron chi connectivity index (χ1n) is 6.36. The molecular formula is C16H14Br2FNO. The van der Waals surface area contributed by atoms with Crippen LogP contribution in [0.25, 0.3) is 0 Å². The van der Waals surface area contributed by atoms with Crippen molar-refractivity contribution in [3.8, 4) is 0 Å². The maximum atomic E-state index is 14.0. The molecule has 2 aromatic rings. The predicted octanol–water partition coefficient (Wildman–Crippen LogP) is 4.63. The molecule has 0 saturated heterocycles. The third kappa shape index (κ3) is 3.52. The van der Waals surface area contributed by atoms with Crippen molar-refractivity contribution < 1.29 is 9.18 Å². The van der Waals surface area contributed by atoms with Gasteiger partial charge in [0.1, 0.15) is 5.82 Å². The van der Waals surface area contributed by atoms with Gasteiger partial charge in [-0.05, 0) is 40.5 Å². The maximum absolute atomic E-state index is 14.0. The van der Waals surface area contributed by atoms with E-state index < -0.39 is 17.3 Å². The molecule has 0 aliphatic carbocycles. The fourth-order valence-electron chi connectivity index (χ4n) is 1.99. The second-order valence-corrected chi connectivity index (χ2v) is 6.30. The van der Waals surface area contributed by atoms with Crippen molar-refractivity contribution >= 4 is 37.8 Å². The zero-order valence-electron chi connectivity index (χ0n) is 11.4. The Labute approximate surface area is 140 Å².